The number of aromatic nitrogens is 3. The summed E-state index contributed by atoms with van der Waals surface area (Å²) in [6.07, 6.45) is -0.347. The fourth-order valence-corrected chi connectivity index (χ4v) is 11.2. The van der Waals surface area contributed by atoms with Gasteiger partial charge in [0.15, 0.2) is 23.3 Å². The summed E-state index contributed by atoms with van der Waals surface area (Å²) in [6, 6.07) is 90.1. The maximum Gasteiger partial charge on any atom is 0.164 e. The summed E-state index contributed by atoms with van der Waals surface area (Å²) in [5, 5.41) is 3.69. The van der Waals surface area contributed by atoms with E-state index in [0.717, 1.165) is 55.9 Å². The summed E-state index contributed by atoms with van der Waals surface area (Å²) in [7, 11) is 0. The highest BCUT2D eigenvalue weighted by atomic mass is 15.2. The summed E-state index contributed by atoms with van der Waals surface area (Å²) >= 11 is 0. The van der Waals surface area contributed by atoms with Crippen molar-refractivity contribution in [1.82, 2.24) is 20.3 Å². The molecule has 11 aromatic rings. The van der Waals surface area contributed by atoms with Gasteiger partial charge in [-0.05, 0) is 84.5 Å². The summed E-state index contributed by atoms with van der Waals surface area (Å²) in [5.41, 5.74) is 19.4. The molecular weight excluding hydrogens is 889 g/mol. The lowest BCUT2D eigenvalue weighted by molar-refractivity contribution is 0.674. The normalized spacial score (nSPS) is 15.9. The van der Waals surface area contributed by atoms with Crippen LogP contribution in [-0.4, -0.2) is 26.6 Å². The molecule has 2 atom stereocenters. The van der Waals surface area contributed by atoms with Gasteiger partial charge in [-0.1, -0.05) is 243 Å². The SMILES string of the molecule is c1ccc(-c2ccc(C3=NC(c4ccc5c(c4)C4(c6ccccc6-5)c5ccccc5-c5ccc(-c6nc(-c7ccccc7)nc(-c7ccc(-c8ccccc8)cc7)n6)cc54)=NC(c4ccccc4)N3)cc2)cc1. The zero-order valence-corrected chi connectivity index (χ0v) is 39.6. The number of fused-ring (bicyclic) bond motifs is 10. The highest BCUT2D eigenvalue weighted by Crippen LogP contribution is 2.63. The Labute approximate surface area is 423 Å². The number of rotatable bonds is 8. The lowest BCUT2D eigenvalue weighted by atomic mass is 9.70. The minimum atomic E-state index is -0.665. The van der Waals surface area contributed by atoms with Crippen LogP contribution in [0, 0.1) is 0 Å². The predicted molar refractivity (Wildman–Crippen MR) is 295 cm³/mol. The van der Waals surface area contributed by atoms with Crippen molar-refractivity contribution < 1.29 is 0 Å². The first-order valence-electron chi connectivity index (χ1n) is 24.8. The minimum Gasteiger partial charge on any atom is -0.344 e. The van der Waals surface area contributed by atoms with E-state index in [2.05, 4.69) is 224 Å². The van der Waals surface area contributed by atoms with Crippen LogP contribution in [0.3, 0.4) is 0 Å². The number of amidine groups is 2. The molecule has 2 heterocycles. The van der Waals surface area contributed by atoms with Crippen LogP contribution in [0.2, 0.25) is 0 Å². The van der Waals surface area contributed by atoms with Crippen LogP contribution in [0.25, 0.3) is 78.7 Å². The van der Waals surface area contributed by atoms with E-state index >= 15 is 0 Å². The molecule has 6 nitrogen and oxygen atoms in total. The molecule has 1 aliphatic heterocycles. The van der Waals surface area contributed by atoms with Gasteiger partial charge >= 0.3 is 0 Å². The molecule has 0 amide bonds. The van der Waals surface area contributed by atoms with Gasteiger partial charge in [0.1, 0.15) is 12.0 Å². The molecule has 342 valence electrons. The Morgan fingerprint density at radius 3 is 1.22 bits per heavy atom. The van der Waals surface area contributed by atoms with Crippen molar-refractivity contribution in [3.8, 4) is 78.7 Å². The van der Waals surface area contributed by atoms with Crippen LogP contribution in [0.1, 0.15) is 45.1 Å². The van der Waals surface area contributed by atoms with Crippen molar-refractivity contribution in [3.05, 3.63) is 294 Å². The fraction of sp³-hybridized carbons (Fsp3) is 0.0299. The average Bonchev–Trinajstić information content (AvgIpc) is 3.95. The molecule has 14 rings (SSSR count). The Balaban J connectivity index is 0.930. The van der Waals surface area contributed by atoms with Gasteiger partial charge in [0.25, 0.3) is 0 Å². The van der Waals surface area contributed by atoms with Gasteiger partial charge in [-0.2, -0.15) is 0 Å². The topological polar surface area (TPSA) is 75.4 Å². The molecule has 3 aliphatic rings. The maximum atomic E-state index is 5.38. The third-order valence-electron chi connectivity index (χ3n) is 14.6. The second-order valence-electron chi connectivity index (χ2n) is 18.8. The van der Waals surface area contributed by atoms with Crippen LogP contribution in [0.15, 0.2) is 265 Å². The molecule has 0 fully saturated rings. The van der Waals surface area contributed by atoms with Crippen molar-refractivity contribution in [2.75, 3.05) is 0 Å². The number of aliphatic imine (C=N–C) groups is 2. The van der Waals surface area contributed by atoms with E-state index in [0.29, 0.717) is 23.3 Å². The van der Waals surface area contributed by atoms with Gasteiger partial charge < -0.3 is 5.32 Å². The highest BCUT2D eigenvalue weighted by Gasteiger charge is 2.52. The Bertz CT molecular complexity index is 3950. The van der Waals surface area contributed by atoms with Gasteiger partial charge in [0, 0.05) is 27.8 Å². The van der Waals surface area contributed by atoms with E-state index in [1.165, 1.54) is 50.1 Å². The van der Waals surface area contributed by atoms with Gasteiger partial charge in [-0.25, -0.2) is 24.9 Å². The van der Waals surface area contributed by atoms with Crippen molar-refractivity contribution in [2.45, 2.75) is 11.6 Å². The van der Waals surface area contributed by atoms with Crippen molar-refractivity contribution in [2.24, 2.45) is 9.98 Å². The monoisotopic (exact) mass is 932 g/mol. The number of nitrogens with one attached hydrogen (secondary N) is 1. The second kappa shape index (κ2) is 17.3. The van der Waals surface area contributed by atoms with Crippen molar-refractivity contribution >= 4 is 11.7 Å². The summed E-state index contributed by atoms with van der Waals surface area (Å²) in [5.74, 6) is 3.30. The lowest BCUT2D eigenvalue weighted by Gasteiger charge is -2.31. The molecule has 2 aliphatic carbocycles. The first-order valence-corrected chi connectivity index (χ1v) is 24.8. The molecule has 2 unspecified atom stereocenters. The summed E-state index contributed by atoms with van der Waals surface area (Å²) < 4.78 is 0. The quantitative estimate of drug-likeness (QED) is 0.165. The van der Waals surface area contributed by atoms with Crippen LogP contribution in [0.5, 0.6) is 0 Å². The minimum absolute atomic E-state index is 0.347. The zero-order chi connectivity index (χ0) is 48.3. The molecule has 0 saturated heterocycles. The standard InChI is InChI=1S/C67H44N6/c1-5-17-43(18-6-1)45-29-33-49(34-30-45)63-68-61(47-21-9-3-10-22-47)70-65(72-63)51-37-39-55-53-25-13-15-27-57(53)67(59(55)41-51)58-28-16-14-26-54(58)56-40-38-52(42-60(56)67)66-71-62(48-23-11-4-12-24-48)69-64(73-66)50-35-31-46(32-36-50)44-19-7-2-8-20-44/h1-42,61H,(H,68,70,72). The number of hydrogen-bond acceptors (Lipinski definition) is 6. The van der Waals surface area contributed by atoms with Crippen LogP contribution >= 0.6 is 0 Å². The number of benzene rings is 10. The van der Waals surface area contributed by atoms with Gasteiger partial charge in [0.05, 0.1) is 5.41 Å². The molecule has 0 radical (unpaired) electrons. The molecule has 10 aromatic carbocycles. The highest BCUT2D eigenvalue weighted by molar-refractivity contribution is 6.13. The second-order valence-corrected chi connectivity index (χ2v) is 18.8. The van der Waals surface area contributed by atoms with Crippen LogP contribution in [-0.2, 0) is 5.41 Å². The number of hydrogen-bond donors (Lipinski definition) is 1. The van der Waals surface area contributed by atoms with E-state index in [-0.39, 0.29) is 6.17 Å². The molecule has 0 bridgehead atoms. The van der Waals surface area contributed by atoms with Crippen molar-refractivity contribution in [3.63, 3.8) is 0 Å². The van der Waals surface area contributed by atoms with E-state index in [1.54, 1.807) is 0 Å². The Morgan fingerprint density at radius 1 is 0.301 bits per heavy atom. The van der Waals surface area contributed by atoms with Crippen LogP contribution in [0.4, 0.5) is 0 Å². The van der Waals surface area contributed by atoms with Gasteiger partial charge in [-0.15, -0.1) is 0 Å². The Kier molecular flexibility index (Phi) is 10.0. The van der Waals surface area contributed by atoms with Gasteiger partial charge in [0.2, 0.25) is 0 Å². The average molecular weight is 933 g/mol. The third kappa shape index (κ3) is 7.14. The first kappa shape index (κ1) is 42.2. The fourth-order valence-electron chi connectivity index (χ4n) is 11.2. The zero-order valence-electron chi connectivity index (χ0n) is 39.6. The predicted octanol–water partition coefficient (Wildman–Crippen LogP) is 15.0. The summed E-state index contributed by atoms with van der Waals surface area (Å²) in [6.45, 7) is 0. The number of nitrogens with zero attached hydrogens (tertiary/aromatic N) is 5. The molecule has 73 heavy (non-hydrogen) atoms. The molecule has 1 spiro atoms. The van der Waals surface area contributed by atoms with Crippen molar-refractivity contribution in [1.29, 1.82) is 0 Å². The molecule has 1 aromatic heterocycles. The maximum absolute atomic E-state index is 5.38. The Morgan fingerprint density at radius 2 is 0.671 bits per heavy atom. The molecular formula is C67H44N6. The van der Waals surface area contributed by atoms with Gasteiger partial charge in [-0.3, -0.25) is 0 Å². The molecule has 0 saturated carbocycles. The van der Waals surface area contributed by atoms with E-state index < -0.39 is 5.41 Å². The van der Waals surface area contributed by atoms with E-state index in [1.807, 2.05) is 36.4 Å². The largest absolute Gasteiger partial charge is 0.344 e. The smallest absolute Gasteiger partial charge is 0.164 e. The Hall–Kier alpha value is -9.65. The third-order valence-corrected chi connectivity index (χ3v) is 14.6. The van der Waals surface area contributed by atoms with E-state index in [9.17, 15) is 0 Å². The molecule has 6 heteroatoms. The van der Waals surface area contributed by atoms with Crippen LogP contribution < -0.4 is 5.32 Å². The summed E-state index contributed by atoms with van der Waals surface area (Å²) in [4.78, 5) is 26.4. The molecule has 1 N–H and O–H groups in total. The lowest BCUT2D eigenvalue weighted by Crippen LogP contribution is -2.33. The first-order chi connectivity index (χ1) is 36.2. The van der Waals surface area contributed by atoms with E-state index in [4.69, 9.17) is 24.9 Å².